The Morgan fingerprint density at radius 1 is 1.17 bits per heavy atom. The van der Waals surface area contributed by atoms with E-state index in [2.05, 4.69) is 10.3 Å². The molecule has 0 aliphatic carbocycles. The Balaban J connectivity index is 1.80. The standard InChI is InChI=1S/C17H13N3O4/c1-24-15-7-4-12-8-13(10-18-16(12)9-15)19-17(21)11-2-5-14(6-3-11)20(22)23/h2-10H,1H3,(H,19,21). The van der Waals surface area contributed by atoms with Crippen molar-refractivity contribution in [2.75, 3.05) is 12.4 Å². The summed E-state index contributed by atoms with van der Waals surface area (Å²) in [5.74, 6) is 0.345. The highest BCUT2D eigenvalue weighted by atomic mass is 16.6. The molecule has 1 aromatic heterocycles. The molecule has 0 unspecified atom stereocenters. The lowest BCUT2D eigenvalue weighted by Gasteiger charge is -2.07. The van der Waals surface area contributed by atoms with Crippen LogP contribution in [0.15, 0.2) is 54.7 Å². The second-order valence-corrected chi connectivity index (χ2v) is 5.04. The van der Waals surface area contributed by atoms with Gasteiger partial charge in [-0.15, -0.1) is 0 Å². The molecule has 0 saturated carbocycles. The quantitative estimate of drug-likeness (QED) is 0.586. The molecule has 0 saturated heterocycles. The number of methoxy groups -OCH3 is 1. The van der Waals surface area contributed by atoms with Crippen molar-refractivity contribution < 1.29 is 14.5 Å². The number of nitro benzene ring substituents is 1. The van der Waals surface area contributed by atoms with E-state index in [9.17, 15) is 14.9 Å². The number of aromatic nitrogens is 1. The molecule has 1 N–H and O–H groups in total. The number of amides is 1. The van der Waals surface area contributed by atoms with Gasteiger partial charge in [0, 0.05) is 29.1 Å². The van der Waals surface area contributed by atoms with E-state index >= 15 is 0 Å². The van der Waals surface area contributed by atoms with Crippen molar-refractivity contribution in [2.24, 2.45) is 0 Å². The van der Waals surface area contributed by atoms with Gasteiger partial charge in [0.2, 0.25) is 0 Å². The minimum Gasteiger partial charge on any atom is -0.497 e. The van der Waals surface area contributed by atoms with Crippen molar-refractivity contribution in [2.45, 2.75) is 0 Å². The van der Waals surface area contributed by atoms with Crippen LogP contribution in [-0.2, 0) is 0 Å². The zero-order valence-corrected chi connectivity index (χ0v) is 12.7. The van der Waals surface area contributed by atoms with Crippen LogP contribution in [0, 0.1) is 10.1 Å². The molecule has 0 spiro atoms. The van der Waals surface area contributed by atoms with Crippen molar-refractivity contribution in [3.05, 3.63) is 70.4 Å². The Kier molecular flexibility index (Phi) is 4.07. The van der Waals surface area contributed by atoms with Crippen LogP contribution in [0.3, 0.4) is 0 Å². The smallest absolute Gasteiger partial charge is 0.269 e. The molecule has 1 heterocycles. The lowest BCUT2D eigenvalue weighted by Crippen LogP contribution is -2.12. The maximum atomic E-state index is 12.2. The van der Waals surface area contributed by atoms with Crippen molar-refractivity contribution in [3.63, 3.8) is 0 Å². The van der Waals surface area contributed by atoms with E-state index in [1.165, 1.54) is 24.3 Å². The molecule has 24 heavy (non-hydrogen) atoms. The first-order chi connectivity index (χ1) is 11.6. The molecule has 1 amide bonds. The third-order valence-electron chi connectivity index (χ3n) is 3.49. The van der Waals surface area contributed by atoms with Gasteiger partial charge in [-0.25, -0.2) is 0 Å². The van der Waals surface area contributed by atoms with Gasteiger partial charge in [0.1, 0.15) is 5.75 Å². The van der Waals surface area contributed by atoms with E-state index in [-0.39, 0.29) is 11.6 Å². The summed E-state index contributed by atoms with van der Waals surface area (Å²) in [5.41, 5.74) is 1.56. The molecule has 7 nitrogen and oxygen atoms in total. The molecule has 2 aromatic carbocycles. The Morgan fingerprint density at radius 3 is 2.58 bits per heavy atom. The fourth-order valence-corrected chi connectivity index (χ4v) is 2.23. The van der Waals surface area contributed by atoms with Gasteiger partial charge >= 0.3 is 0 Å². The van der Waals surface area contributed by atoms with E-state index in [0.717, 1.165) is 10.9 Å². The van der Waals surface area contributed by atoms with Gasteiger partial charge in [0.15, 0.2) is 0 Å². The number of carbonyl (C=O) groups excluding carboxylic acids is 1. The number of non-ortho nitro benzene ring substituents is 1. The first kappa shape index (κ1) is 15.4. The summed E-state index contributed by atoms with van der Waals surface area (Å²) in [6, 6.07) is 12.7. The lowest BCUT2D eigenvalue weighted by atomic mass is 10.1. The van der Waals surface area contributed by atoms with Crippen molar-refractivity contribution in [1.82, 2.24) is 4.98 Å². The monoisotopic (exact) mass is 323 g/mol. The Labute approximate surface area is 137 Å². The Bertz CT molecular complexity index is 923. The van der Waals surface area contributed by atoms with Gasteiger partial charge in [0.25, 0.3) is 11.6 Å². The van der Waals surface area contributed by atoms with Crippen LogP contribution >= 0.6 is 0 Å². The molecule has 0 aliphatic rings. The van der Waals surface area contributed by atoms with Gasteiger partial charge < -0.3 is 10.1 Å². The number of carbonyl (C=O) groups is 1. The van der Waals surface area contributed by atoms with Crippen molar-refractivity contribution in [3.8, 4) is 5.75 Å². The fourth-order valence-electron chi connectivity index (χ4n) is 2.23. The van der Waals surface area contributed by atoms with Crippen molar-refractivity contribution >= 4 is 28.2 Å². The molecule has 3 aromatic rings. The minimum absolute atomic E-state index is 0.0622. The molecule has 0 aliphatic heterocycles. The summed E-state index contributed by atoms with van der Waals surface area (Å²) in [5, 5.41) is 14.2. The normalized spacial score (nSPS) is 10.4. The van der Waals surface area contributed by atoms with Gasteiger partial charge in [0.05, 0.1) is 29.4 Å². The summed E-state index contributed by atoms with van der Waals surface area (Å²) in [6.07, 6.45) is 1.55. The zero-order chi connectivity index (χ0) is 17.1. The Hall–Kier alpha value is -3.48. The molecule has 0 radical (unpaired) electrons. The molecule has 7 heteroatoms. The van der Waals surface area contributed by atoms with Crippen LogP contribution in [0.5, 0.6) is 5.75 Å². The number of anilines is 1. The maximum Gasteiger partial charge on any atom is 0.269 e. The summed E-state index contributed by atoms with van der Waals surface area (Å²) < 4.78 is 5.14. The number of nitro groups is 1. The van der Waals surface area contributed by atoms with Gasteiger partial charge in [-0.3, -0.25) is 19.9 Å². The second kappa shape index (κ2) is 6.33. The van der Waals surface area contributed by atoms with Crippen LogP contribution in [0.2, 0.25) is 0 Å². The summed E-state index contributed by atoms with van der Waals surface area (Å²) in [4.78, 5) is 26.6. The number of pyridine rings is 1. The number of nitrogens with zero attached hydrogens (tertiary/aromatic N) is 2. The molecular formula is C17H13N3O4. The highest BCUT2D eigenvalue weighted by Gasteiger charge is 2.10. The fraction of sp³-hybridized carbons (Fsp3) is 0.0588. The number of fused-ring (bicyclic) bond motifs is 1. The number of hydrogen-bond donors (Lipinski definition) is 1. The number of rotatable bonds is 4. The predicted molar refractivity (Wildman–Crippen MR) is 89.3 cm³/mol. The molecule has 3 rings (SSSR count). The minimum atomic E-state index is -0.511. The zero-order valence-electron chi connectivity index (χ0n) is 12.7. The summed E-state index contributed by atoms with van der Waals surface area (Å²) in [7, 11) is 1.58. The van der Waals surface area contributed by atoms with Gasteiger partial charge in [-0.1, -0.05) is 0 Å². The first-order valence-electron chi connectivity index (χ1n) is 7.06. The molecular weight excluding hydrogens is 310 g/mol. The summed E-state index contributed by atoms with van der Waals surface area (Å²) in [6.45, 7) is 0. The van der Waals surface area contributed by atoms with Crippen LogP contribution in [0.25, 0.3) is 10.9 Å². The average molecular weight is 323 g/mol. The highest BCUT2D eigenvalue weighted by molar-refractivity contribution is 6.05. The number of benzene rings is 2. The van der Waals surface area contributed by atoms with Gasteiger partial charge in [-0.2, -0.15) is 0 Å². The third kappa shape index (κ3) is 3.14. The van der Waals surface area contributed by atoms with Crippen LogP contribution in [0.1, 0.15) is 10.4 Å². The molecule has 0 atom stereocenters. The first-order valence-corrected chi connectivity index (χ1v) is 7.06. The van der Waals surface area contributed by atoms with Crippen LogP contribution in [0.4, 0.5) is 11.4 Å². The second-order valence-electron chi connectivity index (χ2n) is 5.04. The van der Waals surface area contributed by atoms with Crippen LogP contribution in [-0.4, -0.2) is 22.9 Å². The van der Waals surface area contributed by atoms with Gasteiger partial charge in [-0.05, 0) is 30.3 Å². The molecule has 120 valence electrons. The molecule has 0 fully saturated rings. The highest BCUT2D eigenvalue weighted by Crippen LogP contribution is 2.22. The molecule has 0 bridgehead atoms. The SMILES string of the molecule is COc1ccc2cc(NC(=O)c3ccc([N+](=O)[O-])cc3)cnc2c1. The van der Waals surface area contributed by atoms with E-state index < -0.39 is 4.92 Å². The lowest BCUT2D eigenvalue weighted by molar-refractivity contribution is -0.384. The van der Waals surface area contributed by atoms with E-state index in [0.29, 0.717) is 17.0 Å². The van der Waals surface area contributed by atoms with Crippen molar-refractivity contribution in [1.29, 1.82) is 0 Å². The number of hydrogen-bond acceptors (Lipinski definition) is 5. The van der Waals surface area contributed by atoms with Crippen LogP contribution < -0.4 is 10.1 Å². The average Bonchev–Trinajstić information content (AvgIpc) is 2.61. The van der Waals surface area contributed by atoms with E-state index in [4.69, 9.17) is 4.74 Å². The Morgan fingerprint density at radius 2 is 1.92 bits per heavy atom. The number of ether oxygens (including phenoxy) is 1. The van der Waals surface area contributed by atoms with E-state index in [1.54, 1.807) is 25.4 Å². The van der Waals surface area contributed by atoms with E-state index in [1.807, 2.05) is 12.1 Å². The number of nitrogens with one attached hydrogen (secondary N) is 1. The largest absolute Gasteiger partial charge is 0.497 e. The topological polar surface area (TPSA) is 94.4 Å². The summed E-state index contributed by atoms with van der Waals surface area (Å²) >= 11 is 0. The maximum absolute atomic E-state index is 12.2. The third-order valence-corrected chi connectivity index (χ3v) is 3.49. The predicted octanol–water partition coefficient (Wildman–Crippen LogP) is 3.40.